The molecule has 0 aliphatic heterocycles. The van der Waals surface area contributed by atoms with Crippen LogP contribution in [-0.2, 0) is 6.54 Å². The standard InChI is InChI=1S/C16H20ClN3O/c1-3-4-9-20-16(21)14(10-11(2)19-20)15(18)12-5-7-13(17)8-6-12/h5-8,10,15H,3-4,9,18H2,1-2H3. The van der Waals surface area contributed by atoms with Gasteiger partial charge in [0.25, 0.3) is 5.56 Å². The molecule has 0 aliphatic rings. The third kappa shape index (κ3) is 3.71. The van der Waals surface area contributed by atoms with Crippen molar-refractivity contribution in [1.82, 2.24) is 9.78 Å². The molecule has 2 N–H and O–H groups in total. The van der Waals surface area contributed by atoms with Crippen molar-refractivity contribution in [3.8, 4) is 0 Å². The lowest BCUT2D eigenvalue weighted by molar-refractivity contribution is 0.529. The smallest absolute Gasteiger partial charge is 0.271 e. The van der Waals surface area contributed by atoms with Gasteiger partial charge in [0.1, 0.15) is 0 Å². The molecule has 5 heteroatoms. The second kappa shape index (κ2) is 6.87. The molecule has 1 unspecified atom stereocenters. The van der Waals surface area contributed by atoms with Crippen LogP contribution in [0.15, 0.2) is 35.1 Å². The highest BCUT2D eigenvalue weighted by Gasteiger charge is 2.15. The topological polar surface area (TPSA) is 60.9 Å². The molecule has 0 saturated carbocycles. The first-order valence-corrected chi connectivity index (χ1v) is 7.50. The molecule has 1 aromatic heterocycles. The van der Waals surface area contributed by atoms with Crippen molar-refractivity contribution < 1.29 is 0 Å². The highest BCUT2D eigenvalue weighted by molar-refractivity contribution is 6.30. The van der Waals surface area contributed by atoms with Crippen molar-refractivity contribution in [3.05, 3.63) is 62.5 Å². The molecule has 0 aliphatic carbocycles. The Kier molecular flexibility index (Phi) is 5.15. The fourth-order valence-corrected chi connectivity index (χ4v) is 2.36. The second-order valence-corrected chi connectivity index (χ2v) is 5.59. The molecule has 0 amide bonds. The van der Waals surface area contributed by atoms with E-state index < -0.39 is 6.04 Å². The van der Waals surface area contributed by atoms with Crippen LogP contribution >= 0.6 is 11.6 Å². The number of nitrogens with zero attached hydrogens (tertiary/aromatic N) is 2. The van der Waals surface area contributed by atoms with Gasteiger partial charge in [-0.15, -0.1) is 0 Å². The Labute approximate surface area is 129 Å². The first-order valence-electron chi connectivity index (χ1n) is 7.12. The molecular formula is C16H20ClN3O. The molecule has 0 bridgehead atoms. The van der Waals surface area contributed by atoms with Crippen LogP contribution < -0.4 is 11.3 Å². The van der Waals surface area contributed by atoms with Crippen molar-refractivity contribution in [2.24, 2.45) is 5.73 Å². The van der Waals surface area contributed by atoms with Gasteiger partial charge in [0, 0.05) is 17.1 Å². The normalized spacial score (nSPS) is 12.4. The van der Waals surface area contributed by atoms with E-state index in [1.807, 2.05) is 19.1 Å². The van der Waals surface area contributed by atoms with Gasteiger partial charge in [-0.2, -0.15) is 5.10 Å². The molecular weight excluding hydrogens is 286 g/mol. The lowest BCUT2D eigenvalue weighted by Crippen LogP contribution is -2.31. The van der Waals surface area contributed by atoms with E-state index in [2.05, 4.69) is 12.0 Å². The molecule has 21 heavy (non-hydrogen) atoms. The first kappa shape index (κ1) is 15.7. The number of hydrogen-bond acceptors (Lipinski definition) is 3. The Bertz CT molecular complexity index is 664. The van der Waals surface area contributed by atoms with Crippen molar-refractivity contribution in [2.45, 2.75) is 39.3 Å². The van der Waals surface area contributed by atoms with Gasteiger partial charge in [0.05, 0.1) is 11.7 Å². The molecule has 4 nitrogen and oxygen atoms in total. The van der Waals surface area contributed by atoms with Crippen LogP contribution in [0.3, 0.4) is 0 Å². The van der Waals surface area contributed by atoms with Crippen LogP contribution in [0.5, 0.6) is 0 Å². The Balaban J connectivity index is 2.40. The van der Waals surface area contributed by atoms with E-state index in [9.17, 15) is 4.79 Å². The molecule has 112 valence electrons. The Hall–Kier alpha value is -1.65. The Morgan fingerprint density at radius 1 is 1.33 bits per heavy atom. The third-order valence-electron chi connectivity index (χ3n) is 3.41. The van der Waals surface area contributed by atoms with Gasteiger partial charge in [-0.1, -0.05) is 37.1 Å². The van der Waals surface area contributed by atoms with E-state index in [0.717, 1.165) is 24.1 Å². The van der Waals surface area contributed by atoms with Crippen molar-refractivity contribution >= 4 is 11.6 Å². The first-order chi connectivity index (χ1) is 10.0. The molecule has 0 spiro atoms. The summed E-state index contributed by atoms with van der Waals surface area (Å²) >= 11 is 5.88. The number of benzene rings is 1. The predicted octanol–water partition coefficient (Wildman–Crippen LogP) is 3.05. The zero-order valence-corrected chi connectivity index (χ0v) is 13.1. The SMILES string of the molecule is CCCCn1nc(C)cc(C(N)c2ccc(Cl)cc2)c1=O. The molecule has 0 radical (unpaired) electrons. The van der Waals surface area contributed by atoms with Gasteiger partial charge in [-0.05, 0) is 37.1 Å². The predicted molar refractivity (Wildman–Crippen MR) is 85.6 cm³/mol. The van der Waals surface area contributed by atoms with Gasteiger partial charge in [-0.25, -0.2) is 4.68 Å². The van der Waals surface area contributed by atoms with E-state index in [1.54, 1.807) is 18.2 Å². The minimum Gasteiger partial charge on any atom is -0.320 e. The van der Waals surface area contributed by atoms with E-state index >= 15 is 0 Å². The second-order valence-electron chi connectivity index (χ2n) is 5.15. The number of halogens is 1. The largest absolute Gasteiger partial charge is 0.320 e. The molecule has 0 fully saturated rings. The number of aryl methyl sites for hydroxylation is 2. The maximum atomic E-state index is 12.5. The van der Waals surface area contributed by atoms with Gasteiger partial charge in [-0.3, -0.25) is 4.79 Å². The summed E-state index contributed by atoms with van der Waals surface area (Å²) in [7, 11) is 0. The fourth-order valence-electron chi connectivity index (χ4n) is 2.23. The van der Waals surface area contributed by atoms with Crippen LogP contribution in [0.25, 0.3) is 0 Å². The Morgan fingerprint density at radius 3 is 2.62 bits per heavy atom. The summed E-state index contributed by atoms with van der Waals surface area (Å²) in [6, 6.07) is 8.55. The molecule has 0 saturated heterocycles. The average molecular weight is 306 g/mol. The Morgan fingerprint density at radius 2 is 2.00 bits per heavy atom. The maximum Gasteiger partial charge on any atom is 0.271 e. The van der Waals surface area contributed by atoms with Crippen molar-refractivity contribution in [2.75, 3.05) is 0 Å². The number of aromatic nitrogens is 2. The van der Waals surface area contributed by atoms with Crippen molar-refractivity contribution in [3.63, 3.8) is 0 Å². The number of nitrogens with two attached hydrogens (primary N) is 1. The lowest BCUT2D eigenvalue weighted by atomic mass is 10.0. The highest BCUT2D eigenvalue weighted by Crippen LogP contribution is 2.19. The summed E-state index contributed by atoms with van der Waals surface area (Å²) in [6.45, 7) is 4.58. The minimum atomic E-state index is -0.468. The average Bonchev–Trinajstić information content (AvgIpc) is 2.48. The molecule has 2 rings (SSSR count). The van der Waals surface area contributed by atoms with E-state index in [4.69, 9.17) is 17.3 Å². The summed E-state index contributed by atoms with van der Waals surface area (Å²) in [5.74, 6) is 0. The lowest BCUT2D eigenvalue weighted by Gasteiger charge is -2.14. The maximum absolute atomic E-state index is 12.5. The number of unbranched alkanes of at least 4 members (excludes halogenated alkanes) is 1. The van der Waals surface area contributed by atoms with Crippen molar-refractivity contribution in [1.29, 1.82) is 0 Å². The fraction of sp³-hybridized carbons (Fsp3) is 0.375. The minimum absolute atomic E-state index is 0.114. The van der Waals surface area contributed by atoms with Gasteiger partial charge in [0.15, 0.2) is 0 Å². The van der Waals surface area contributed by atoms with Crippen LogP contribution in [0.4, 0.5) is 0 Å². The molecule has 1 heterocycles. The number of rotatable bonds is 5. The highest BCUT2D eigenvalue weighted by atomic mass is 35.5. The monoisotopic (exact) mass is 305 g/mol. The van der Waals surface area contributed by atoms with Gasteiger partial charge in [0.2, 0.25) is 0 Å². The third-order valence-corrected chi connectivity index (χ3v) is 3.66. The zero-order valence-electron chi connectivity index (χ0n) is 12.3. The zero-order chi connectivity index (χ0) is 15.4. The van der Waals surface area contributed by atoms with Crippen LogP contribution in [0.2, 0.25) is 5.02 Å². The van der Waals surface area contributed by atoms with Crippen LogP contribution in [-0.4, -0.2) is 9.78 Å². The van der Waals surface area contributed by atoms with E-state index in [-0.39, 0.29) is 5.56 Å². The summed E-state index contributed by atoms with van der Waals surface area (Å²) in [5.41, 5.74) is 8.37. The van der Waals surface area contributed by atoms with E-state index in [0.29, 0.717) is 17.1 Å². The number of hydrogen-bond donors (Lipinski definition) is 1. The summed E-state index contributed by atoms with van der Waals surface area (Å²) in [5, 5.41) is 4.94. The van der Waals surface area contributed by atoms with Gasteiger partial charge < -0.3 is 5.73 Å². The summed E-state index contributed by atoms with van der Waals surface area (Å²) in [4.78, 5) is 12.5. The molecule has 1 atom stereocenters. The van der Waals surface area contributed by atoms with Crippen LogP contribution in [0.1, 0.15) is 42.6 Å². The van der Waals surface area contributed by atoms with E-state index in [1.165, 1.54) is 4.68 Å². The quantitative estimate of drug-likeness (QED) is 0.923. The molecule has 1 aromatic carbocycles. The molecule has 2 aromatic rings. The summed E-state index contributed by atoms with van der Waals surface area (Å²) < 4.78 is 1.52. The summed E-state index contributed by atoms with van der Waals surface area (Å²) in [6.07, 6.45) is 1.94. The van der Waals surface area contributed by atoms with Gasteiger partial charge >= 0.3 is 0 Å². The van der Waals surface area contributed by atoms with Crippen LogP contribution in [0, 0.1) is 6.92 Å².